The number of carbonyl (C=O) groups excluding carboxylic acids is 2. The average Bonchev–Trinajstić information content (AvgIpc) is 2.64. The zero-order valence-electron chi connectivity index (χ0n) is 10.5. The summed E-state index contributed by atoms with van der Waals surface area (Å²) in [6.45, 7) is -1.04. The third-order valence-electron chi connectivity index (χ3n) is 2.81. The number of hydrogen-bond acceptors (Lipinski definition) is 5. The lowest BCUT2D eigenvalue weighted by Crippen LogP contribution is -2.39. The Balaban J connectivity index is 1.96. The third kappa shape index (κ3) is 2.84. The standard InChI is InChI=1S/C13H13NO6/c15-8(6-20-7-11(16)17)5-14-12(18)9-3-1-2-4-10(9)13(14)19/h1-4,8,15H,5-7H2,(H,16,17). The van der Waals surface area contributed by atoms with Gasteiger partial charge in [0.1, 0.15) is 6.61 Å². The Labute approximate surface area is 114 Å². The SMILES string of the molecule is O=C(O)COCC(O)CN1C(=O)c2ccccc2C1=O. The molecule has 0 aromatic heterocycles. The molecule has 2 rings (SSSR count). The van der Waals surface area contributed by atoms with Gasteiger partial charge in [-0.3, -0.25) is 14.5 Å². The second-order valence-electron chi connectivity index (χ2n) is 4.33. The smallest absolute Gasteiger partial charge is 0.329 e. The Bertz CT molecular complexity index is 521. The summed E-state index contributed by atoms with van der Waals surface area (Å²) >= 11 is 0. The highest BCUT2D eigenvalue weighted by Crippen LogP contribution is 2.22. The van der Waals surface area contributed by atoms with E-state index in [1.54, 1.807) is 24.3 Å². The molecule has 7 nitrogen and oxygen atoms in total. The molecule has 0 aliphatic carbocycles. The number of amides is 2. The maximum Gasteiger partial charge on any atom is 0.329 e. The van der Waals surface area contributed by atoms with Gasteiger partial charge in [0.25, 0.3) is 11.8 Å². The molecule has 7 heteroatoms. The van der Waals surface area contributed by atoms with Gasteiger partial charge in [0.05, 0.1) is 30.4 Å². The fraction of sp³-hybridized carbons (Fsp3) is 0.308. The lowest BCUT2D eigenvalue weighted by molar-refractivity contribution is -0.143. The van der Waals surface area contributed by atoms with E-state index in [4.69, 9.17) is 9.84 Å². The molecular weight excluding hydrogens is 266 g/mol. The van der Waals surface area contributed by atoms with Crippen molar-refractivity contribution in [1.82, 2.24) is 4.90 Å². The summed E-state index contributed by atoms with van der Waals surface area (Å²) in [4.78, 5) is 35.2. The summed E-state index contributed by atoms with van der Waals surface area (Å²) in [5, 5.41) is 18.1. The lowest BCUT2D eigenvalue weighted by atomic mass is 10.1. The van der Waals surface area contributed by atoms with E-state index in [9.17, 15) is 19.5 Å². The van der Waals surface area contributed by atoms with Crippen molar-refractivity contribution < 1.29 is 29.3 Å². The minimum atomic E-state index is -1.15. The van der Waals surface area contributed by atoms with E-state index in [-0.39, 0.29) is 13.2 Å². The number of carbonyl (C=O) groups is 3. The van der Waals surface area contributed by atoms with E-state index < -0.39 is 30.5 Å². The second-order valence-corrected chi connectivity index (χ2v) is 4.33. The highest BCUT2D eigenvalue weighted by atomic mass is 16.5. The fourth-order valence-electron chi connectivity index (χ4n) is 1.95. The number of ether oxygens (including phenoxy) is 1. The molecule has 1 aromatic carbocycles. The predicted molar refractivity (Wildman–Crippen MR) is 66.3 cm³/mol. The number of hydrogen-bond donors (Lipinski definition) is 2. The van der Waals surface area contributed by atoms with Crippen molar-refractivity contribution in [3.63, 3.8) is 0 Å². The second kappa shape index (κ2) is 5.81. The summed E-state index contributed by atoms with van der Waals surface area (Å²) in [5.41, 5.74) is 0.604. The molecule has 0 spiro atoms. The molecule has 0 fully saturated rings. The number of fused-ring (bicyclic) bond motifs is 1. The molecule has 1 heterocycles. The van der Waals surface area contributed by atoms with Crippen molar-refractivity contribution in [1.29, 1.82) is 0 Å². The van der Waals surface area contributed by atoms with E-state index >= 15 is 0 Å². The van der Waals surface area contributed by atoms with Gasteiger partial charge in [-0.15, -0.1) is 0 Å². The Morgan fingerprint density at radius 1 is 1.20 bits per heavy atom. The summed E-state index contributed by atoms with van der Waals surface area (Å²) in [7, 11) is 0. The maximum atomic E-state index is 12.0. The summed E-state index contributed by atoms with van der Waals surface area (Å²) in [6, 6.07) is 6.39. The van der Waals surface area contributed by atoms with Gasteiger partial charge in [-0.05, 0) is 12.1 Å². The molecule has 1 unspecified atom stereocenters. The van der Waals surface area contributed by atoms with Gasteiger partial charge in [-0.2, -0.15) is 0 Å². The predicted octanol–water partition coefficient (Wildman–Crippen LogP) is -0.255. The average molecular weight is 279 g/mol. The minimum Gasteiger partial charge on any atom is -0.480 e. The number of benzene rings is 1. The summed E-state index contributed by atoms with van der Waals surface area (Å²) < 4.78 is 4.72. The topological polar surface area (TPSA) is 104 Å². The third-order valence-corrected chi connectivity index (χ3v) is 2.81. The highest BCUT2D eigenvalue weighted by molar-refractivity contribution is 6.21. The number of nitrogens with zero attached hydrogens (tertiary/aromatic N) is 1. The molecule has 20 heavy (non-hydrogen) atoms. The quantitative estimate of drug-likeness (QED) is 0.695. The first kappa shape index (κ1) is 14.2. The van der Waals surface area contributed by atoms with E-state index in [1.165, 1.54) is 0 Å². The van der Waals surface area contributed by atoms with Gasteiger partial charge < -0.3 is 14.9 Å². The van der Waals surface area contributed by atoms with Gasteiger partial charge in [-0.1, -0.05) is 12.1 Å². The van der Waals surface area contributed by atoms with Crippen LogP contribution in [0.3, 0.4) is 0 Å². The molecular formula is C13H13NO6. The van der Waals surface area contributed by atoms with Crippen molar-refractivity contribution in [2.24, 2.45) is 0 Å². The molecule has 0 saturated heterocycles. The van der Waals surface area contributed by atoms with E-state index in [2.05, 4.69) is 0 Å². The van der Waals surface area contributed by atoms with Crippen LogP contribution in [0.15, 0.2) is 24.3 Å². The molecule has 0 saturated carbocycles. The van der Waals surface area contributed by atoms with Crippen molar-refractivity contribution in [2.45, 2.75) is 6.10 Å². The maximum absolute atomic E-state index is 12.0. The Morgan fingerprint density at radius 2 is 1.75 bits per heavy atom. The number of β-amino-alcohol motifs (C(OH)–C–C–N with tert-alkyl or cyclic N) is 1. The summed E-state index contributed by atoms with van der Waals surface area (Å²) in [6.07, 6.45) is -1.13. The molecule has 1 aliphatic heterocycles. The van der Waals surface area contributed by atoms with Crippen LogP contribution in [0.25, 0.3) is 0 Å². The number of aliphatic carboxylic acids is 1. The van der Waals surface area contributed by atoms with Crippen LogP contribution in [0.4, 0.5) is 0 Å². The van der Waals surface area contributed by atoms with Crippen LogP contribution in [-0.2, 0) is 9.53 Å². The first-order valence-electron chi connectivity index (χ1n) is 5.93. The number of rotatable bonds is 6. The van der Waals surface area contributed by atoms with Crippen LogP contribution >= 0.6 is 0 Å². The van der Waals surface area contributed by atoms with Crippen LogP contribution in [0.5, 0.6) is 0 Å². The molecule has 1 aromatic rings. The summed E-state index contributed by atoms with van der Waals surface area (Å²) in [5.74, 6) is -2.09. The first-order valence-corrected chi connectivity index (χ1v) is 5.93. The molecule has 1 aliphatic rings. The van der Waals surface area contributed by atoms with Crippen LogP contribution in [0, 0.1) is 0 Å². The molecule has 2 amide bonds. The van der Waals surface area contributed by atoms with Crippen LogP contribution in [0.1, 0.15) is 20.7 Å². The minimum absolute atomic E-state index is 0.230. The van der Waals surface area contributed by atoms with Crippen molar-refractivity contribution in [2.75, 3.05) is 19.8 Å². The number of carboxylic acids is 1. The van der Waals surface area contributed by atoms with Gasteiger partial charge in [0.2, 0.25) is 0 Å². The van der Waals surface area contributed by atoms with Crippen LogP contribution in [0.2, 0.25) is 0 Å². The monoisotopic (exact) mass is 279 g/mol. The van der Waals surface area contributed by atoms with Crippen LogP contribution < -0.4 is 0 Å². The largest absolute Gasteiger partial charge is 0.480 e. The molecule has 2 N–H and O–H groups in total. The number of carboxylic acid groups (broad SMARTS) is 1. The van der Waals surface area contributed by atoms with Gasteiger partial charge >= 0.3 is 5.97 Å². The fourth-order valence-corrected chi connectivity index (χ4v) is 1.95. The Hall–Kier alpha value is -2.25. The van der Waals surface area contributed by atoms with Crippen molar-refractivity contribution in [3.8, 4) is 0 Å². The molecule has 0 radical (unpaired) electrons. The number of aliphatic hydroxyl groups is 1. The zero-order valence-corrected chi connectivity index (χ0v) is 10.5. The molecule has 0 bridgehead atoms. The van der Waals surface area contributed by atoms with Crippen molar-refractivity contribution >= 4 is 17.8 Å². The van der Waals surface area contributed by atoms with Gasteiger partial charge in [-0.25, -0.2) is 4.79 Å². The van der Waals surface area contributed by atoms with E-state index in [0.717, 1.165) is 4.90 Å². The zero-order chi connectivity index (χ0) is 14.7. The molecule has 106 valence electrons. The first-order chi connectivity index (χ1) is 9.50. The van der Waals surface area contributed by atoms with Crippen LogP contribution in [-0.4, -0.2) is 58.8 Å². The van der Waals surface area contributed by atoms with Crippen molar-refractivity contribution in [3.05, 3.63) is 35.4 Å². The van der Waals surface area contributed by atoms with Gasteiger partial charge in [0, 0.05) is 0 Å². The lowest BCUT2D eigenvalue weighted by Gasteiger charge is -2.18. The Kier molecular flexibility index (Phi) is 4.11. The normalized spacial score (nSPS) is 15.3. The number of aliphatic hydroxyl groups excluding tert-OH is 1. The van der Waals surface area contributed by atoms with E-state index in [0.29, 0.717) is 11.1 Å². The van der Waals surface area contributed by atoms with Gasteiger partial charge in [0.15, 0.2) is 0 Å². The van der Waals surface area contributed by atoms with E-state index in [1.807, 2.05) is 0 Å². The molecule has 1 atom stereocenters. The number of imide groups is 1. The Morgan fingerprint density at radius 3 is 2.25 bits per heavy atom. The highest BCUT2D eigenvalue weighted by Gasteiger charge is 2.36.